The van der Waals surface area contributed by atoms with E-state index >= 15 is 0 Å². The molecule has 0 atom stereocenters. The quantitative estimate of drug-likeness (QED) is 0.739. The first-order chi connectivity index (χ1) is 5.66. The Hall–Kier alpha value is -1.10. The highest BCUT2D eigenvalue weighted by molar-refractivity contribution is 9.10. The van der Waals surface area contributed by atoms with Crippen molar-refractivity contribution in [2.24, 2.45) is 0 Å². The Morgan fingerprint density at radius 1 is 1.42 bits per heavy atom. The van der Waals surface area contributed by atoms with Gasteiger partial charge in [-0.2, -0.15) is 0 Å². The van der Waals surface area contributed by atoms with Crippen LogP contribution in [0.4, 0.5) is 5.82 Å². The lowest BCUT2D eigenvalue weighted by molar-refractivity contribution is 1.11. The van der Waals surface area contributed by atoms with E-state index in [0.29, 0.717) is 16.1 Å². The van der Waals surface area contributed by atoms with E-state index in [1.807, 2.05) is 23.7 Å². The monoisotopic (exact) mass is 226 g/mol. The average molecular weight is 227 g/mol. The Kier molecular flexibility index (Phi) is 1.54. The molecule has 2 rings (SSSR count). The van der Waals surface area contributed by atoms with Crippen LogP contribution in [0.3, 0.4) is 0 Å². The molecule has 0 fully saturated rings. The minimum absolute atomic E-state index is 0.442. The summed E-state index contributed by atoms with van der Waals surface area (Å²) in [4.78, 5) is 8.23. The summed E-state index contributed by atoms with van der Waals surface area (Å²) in [5, 5.41) is 0. The third-order valence-electron chi connectivity index (χ3n) is 1.55. The molecule has 0 aliphatic heterocycles. The Bertz CT molecular complexity index is 434. The highest BCUT2D eigenvalue weighted by atomic mass is 79.9. The van der Waals surface area contributed by atoms with Crippen molar-refractivity contribution < 1.29 is 0 Å². The van der Waals surface area contributed by atoms with Crippen LogP contribution in [-0.2, 0) is 0 Å². The van der Waals surface area contributed by atoms with Crippen molar-refractivity contribution in [2.45, 2.75) is 6.92 Å². The summed E-state index contributed by atoms with van der Waals surface area (Å²) in [6, 6.07) is 0. The first-order valence-electron chi connectivity index (χ1n) is 3.44. The molecule has 0 aliphatic carbocycles. The van der Waals surface area contributed by atoms with Gasteiger partial charge in [-0.05, 0) is 22.9 Å². The summed E-state index contributed by atoms with van der Waals surface area (Å²) in [6.07, 6.45) is 3.73. The molecular formula is C7H7BrN4. The van der Waals surface area contributed by atoms with E-state index in [1.54, 1.807) is 0 Å². The van der Waals surface area contributed by atoms with Crippen molar-refractivity contribution in [1.29, 1.82) is 0 Å². The van der Waals surface area contributed by atoms with E-state index in [9.17, 15) is 0 Å². The number of aromatic nitrogens is 3. The molecule has 0 aliphatic rings. The topological polar surface area (TPSA) is 56.2 Å². The number of hydrogen-bond acceptors (Lipinski definition) is 3. The fraction of sp³-hybridized carbons (Fsp3) is 0.143. The summed E-state index contributed by atoms with van der Waals surface area (Å²) in [5.74, 6) is 0.442. The number of hydrogen-bond donors (Lipinski definition) is 1. The molecule has 0 saturated heterocycles. The molecule has 0 amide bonds. The molecule has 2 aromatic heterocycles. The van der Waals surface area contributed by atoms with Gasteiger partial charge in [-0.3, -0.25) is 0 Å². The van der Waals surface area contributed by atoms with E-state index in [-0.39, 0.29) is 0 Å². The van der Waals surface area contributed by atoms with Crippen molar-refractivity contribution in [2.75, 3.05) is 5.73 Å². The van der Waals surface area contributed by atoms with Crippen LogP contribution in [-0.4, -0.2) is 14.4 Å². The third kappa shape index (κ3) is 1.06. The molecule has 12 heavy (non-hydrogen) atoms. The second-order valence-corrected chi connectivity index (χ2v) is 3.37. The van der Waals surface area contributed by atoms with Crippen molar-refractivity contribution >= 4 is 27.4 Å². The van der Waals surface area contributed by atoms with Gasteiger partial charge in [0.15, 0.2) is 11.5 Å². The number of nitrogens with zero attached hydrogens (tertiary/aromatic N) is 3. The summed E-state index contributed by atoms with van der Waals surface area (Å²) in [5.41, 5.74) is 7.28. The lowest BCUT2D eigenvalue weighted by Crippen LogP contribution is -1.96. The molecular weight excluding hydrogens is 220 g/mol. The van der Waals surface area contributed by atoms with E-state index in [1.165, 1.54) is 0 Å². The lowest BCUT2D eigenvalue weighted by Gasteiger charge is -1.96. The largest absolute Gasteiger partial charge is 0.381 e. The lowest BCUT2D eigenvalue weighted by atomic mass is 10.6. The highest BCUT2D eigenvalue weighted by Crippen LogP contribution is 2.14. The molecule has 62 valence electrons. The van der Waals surface area contributed by atoms with E-state index in [4.69, 9.17) is 5.73 Å². The Morgan fingerprint density at radius 3 is 2.92 bits per heavy atom. The Balaban J connectivity index is 2.88. The van der Waals surface area contributed by atoms with Crippen LogP contribution in [0.2, 0.25) is 0 Å². The zero-order valence-electron chi connectivity index (χ0n) is 6.45. The fourth-order valence-corrected chi connectivity index (χ4v) is 1.52. The first kappa shape index (κ1) is 7.54. The van der Waals surface area contributed by atoms with Crippen LogP contribution in [0, 0.1) is 6.92 Å². The SMILES string of the molecule is Cc1cn2cc(Br)nc(N)c2n1. The summed E-state index contributed by atoms with van der Waals surface area (Å²) in [7, 11) is 0. The smallest absolute Gasteiger partial charge is 0.180 e. The predicted octanol–water partition coefficient (Wildman–Crippen LogP) is 1.38. The minimum atomic E-state index is 0.442. The van der Waals surface area contributed by atoms with Crippen LogP contribution < -0.4 is 5.73 Å². The van der Waals surface area contributed by atoms with Crippen molar-refractivity contribution in [3.63, 3.8) is 0 Å². The zero-order chi connectivity index (χ0) is 8.72. The van der Waals surface area contributed by atoms with E-state index in [2.05, 4.69) is 25.9 Å². The zero-order valence-corrected chi connectivity index (χ0v) is 8.04. The second-order valence-electron chi connectivity index (χ2n) is 2.56. The number of imidazole rings is 1. The van der Waals surface area contributed by atoms with Gasteiger partial charge in [0, 0.05) is 12.4 Å². The molecule has 5 heteroatoms. The van der Waals surface area contributed by atoms with Crippen molar-refractivity contribution in [1.82, 2.24) is 14.4 Å². The van der Waals surface area contributed by atoms with E-state index < -0.39 is 0 Å². The summed E-state index contributed by atoms with van der Waals surface area (Å²) >= 11 is 3.25. The van der Waals surface area contributed by atoms with E-state index in [0.717, 1.165) is 5.69 Å². The number of aryl methyl sites for hydroxylation is 1. The molecule has 0 aromatic carbocycles. The third-order valence-corrected chi connectivity index (χ3v) is 1.94. The van der Waals surface area contributed by atoms with Gasteiger partial charge >= 0.3 is 0 Å². The van der Waals surface area contributed by atoms with Gasteiger partial charge in [0.05, 0.1) is 5.69 Å². The molecule has 2 N–H and O–H groups in total. The number of nitrogens with two attached hydrogens (primary N) is 1. The number of fused-ring (bicyclic) bond motifs is 1. The standard InChI is InChI=1S/C7H7BrN4/c1-4-2-12-3-5(8)11-6(9)7(12)10-4/h2-3H,1H3,(H2,9,11). The summed E-state index contributed by atoms with van der Waals surface area (Å²) < 4.78 is 2.56. The van der Waals surface area contributed by atoms with Crippen molar-refractivity contribution in [3.8, 4) is 0 Å². The van der Waals surface area contributed by atoms with Crippen LogP contribution in [0.25, 0.3) is 5.65 Å². The number of halogens is 1. The molecule has 2 aromatic rings. The maximum absolute atomic E-state index is 5.65. The molecule has 2 heterocycles. The number of anilines is 1. The van der Waals surface area contributed by atoms with Gasteiger partial charge in [-0.25, -0.2) is 9.97 Å². The van der Waals surface area contributed by atoms with Gasteiger partial charge in [0.1, 0.15) is 4.60 Å². The Morgan fingerprint density at radius 2 is 2.17 bits per heavy atom. The first-order valence-corrected chi connectivity index (χ1v) is 4.23. The molecule has 0 spiro atoms. The van der Waals surface area contributed by atoms with Gasteiger partial charge in [0.25, 0.3) is 0 Å². The molecule has 0 bridgehead atoms. The minimum Gasteiger partial charge on any atom is -0.381 e. The maximum atomic E-state index is 5.65. The van der Waals surface area contributed by atoms with Gasteiger partial charge in [-0.15, -0.1) is 0 Å². The van der Waals surface area contributed by atoms with Gasteiger partial charge in [-0.1, -0.05) is 0 Å². The number of rotatable bonds is 0. The van der Waals surface area contributed by atoms with Crippen LogP contribution >= 0.6 is 15.9 Å². The van der Waals surface area contributed by atoms with Crippen molar-refractivity contribution in [3.05, 3.63) is 22.7 Å². The van der Waals surface area contributed by atoms with Gasteiger partial charge in [0.2, 0.25) is 0 Å². The molecule has 4 nitrogen and oxygen atoms in total. The molecule has 0 radical (unpaired) electrons. The van der Waals surface area contributed by atoms with Crippen LogP contribution in [0.15, 0.2) is 17.0 Å². The summed E-state index contributed by atoms with van der Waals surface area (Å²) in [6.45, 7) is 1.92. The normalized spacial score (nSPS) is 10.8. The predicted molar refractivity (Wildman–Crippen MR) is 49.8 cm³/mol. The van der Waals surface area contributed by atoms with Crippen LogP contribution in [0.1, 0.15) is 5.69 Å². The average Bonchev–Trinajstić information content (AvgIpc) is 2.29. The number of nitrogen functional groups attached to an aromatic ring is 1. The van der Waals surface area contributed by atoms with Gasteiger partial charge < -0.3 is 10.1 Å². The maximum Gasteiger partial charge on any atom is 0.180 e. The van der Waals surface area contributed by atoms with Crippen LogP contribution in [0.5, 0.6) is 0 Å². The fourth-order valence-electron chi connectivity index (χ4n) is 1.11. The second kappa shape index (κ2) is 2.45. The highest BCUT2D eigenvalue weighted by Gasteiger charge is 2.03. The molecule has 0 saturated carbocycles. The molecule has 0 unspecified atom stereocenters. The Labute approximate surface area is 77.6 Å².